The van der Waals surface area contributed by atoms with E-state index in [1.54, 1.807) is 31.4 Å². The second-order valence-corrected chi connectivity index (χ2v) is 5.81. The lowest BCUT2D eigenvalue weighted by Crippen LogP contribution is -2.27. The highest BCUT2D eigenvalue weighted by Crippen LogP contribution is 2.32. The number of anilines is 1. The van der Waals surface area contributed by atoms with Crippen molar-refractivity contribution in [2.75, 3.05) is 26.1 Å². The SMILES string of the molecule is C=C1c2ccccc2C(=O)N1CCC(=O)Nc1cc(OC)ccc1OC. The highest BCUT2D eigenvalue weighted by Gasteiger charge is 2.30. The van der Waals surface area contributed by atoms with Crippen LogP contribution < -0.4 is 14.8 Å². The number of hydrogen-bond donors (Lipinski definition) is 1. The Kier molecular flexibility index (Phi) is 4.93. The molecule has 0 atom stereocenters. The Labute approximate surface area is 152 Å². The quantitative estimate of drug-likeness (QED) is 0.867. The molecule has 1 aliphatic heterocycles. The monoisotopic (exact) mass is 352 g/mol. The molecule has 0 unspecified atom stereocenters. The van der Waals surface area contributed by atoms with Crippen molar-refractivity contribution < 1.29 is 19.1 Å². The minimum absolute atomic E-state index is 0.127. The fraction of sp³-hybridized carbons (Fsp3) is 0.200. The average Bonchev–Trinajstić information content (AvgIpc) is 2.91. The molecule has 3 rings (SSSR count). The van der Waals surface area contributed by atoms with Gasteiger partial charge in [-0.3, -0.25) is 9.59 Å². The Balaban J connectivity index is 1.66. The number of ether oxygens (including phenoxy) is 2. The van der Waals surface area contributed by atoms with Gasteiger partial charge in [-0.2, -0.15) is 0 Å². The van der Waals surface area contributed by atoms with Crippen molar-refractivity contribution in [3.63, 3.8) is 0 Å². The third kappa shape index (κ3) is 3.26. The maximum atomic E-state index is 12.5. The van der Waals surface area contributed by atoms with E-state index in [1.165, 1.54) is 12.0 Å². The van der Waals surface area contributed by atoms with Crippen molar-refractivity contribution in [2.24, 2.45) is 0 Å². The van der Waals surface area contributed by atoms with Crippen LogP contribution in [-0.4, -0.2) is 37.5 Å². The summed E-state index contributed by atoms with van der Waals surface area (Å²) in [6.07, 6.45) is 0.138. The summed E-state index contributed by atoms with van der Waals surface area (Å²) in [6.45, 7) is 4.23. The van der Waals surface area contributed by atoms with E-state index >= 15 is 0 Å². The molecule has 0 saturated heterocycles. The summed E-state index contributed by atoms with van der Waals surface area (Å²) in [5.41, 5.74) is 2.57. The third-order valence-corrected chi connectivity index (χ3v) is 4.28. The van der Waals surface area contributed by atoms with Gasteiger partial charge in [-0.25, -0.2) is 0 Å². The third-order valence-electron chi connectivity index (χ3n) is 4.28. The van der Waals surface area contributed by atoms with Crippen LogP contribution in [0.4, 0.5) is 5.69 Å². The summed E-state index contributed by atoms with van der Waals surface area (Å²) in [6, 6.07) is 12.5. The van der Waals surface area contributed by atoms with Crippen LogP contribution in [0.2, 0.25) is 0 Å². The highest BCUT2D eigenvalue weighted by molar-refractivity contribution is 6.09. The van der Waals surface area contributed by atoms with Gasteiger partial charge in [0, 0.05) is 35.9 Å². The number of hydrogen-bond acceptors (Lipinski definition) is 4. The molecule has 1 N–H and O–H groups in total. The van der Waals surface area contributed by atoms with Crippen LogP contribution in [0.3, 0.4) is 0 Å². The predicted molar refractivity (Wildman–Crippen MR) is 99.3 cm³/mol. The first kappa shape index (κ1) is 17.5. The van der Waals surface area contributed by atoms with Gasteiger partial charge in [-0.05, 0) is 18.2 Å². The van der Waals surface area contributed by atoms with E-state index in [0.29, 0.717) is 28.4 Å². The zero-order chi connectivity index (χ0) is 18.7. The molecule has 2 aromatic carbocycles. The molecule has 0 spiro atoms. The maximum absolute atomic E-state index is 12.5. The number of carbonyl (C=O) groups is 2. The lowest BCUT2D eigenvalue weighted by Gasteiger charge is -2.17. The van der Waals surface area contributed by atoms with Gasteiger partial charge in [0.25, 0.3) is 5.91 Å². The molecular weight excluding hydrogens is 332 g/mol. The number of amides is 2. The van der Waals surface area contributed by atoms with Crippen molar-refractivity contribution in [2.45, 2.75) is 6.42 Å². The average molecular weight is 352 g/mol. The number of methoxy groups -OCH3 is 2. The van der Waals surface area contributed by atoms with Crippen LogP contribution in [0.1, 0.15) is 22.3 Å². The second-order valence-electron chi connectivity index (χ2n) is 5.81. The van der Waals surface area contributed by atoms with E-state index in [0.717, 1.165) is 5.56 Å². The molecule has 0 aromatic heterocycles. The summed E-state index contributed by atoms with van der Waals surface area (Å²) >= 11 is 0. The van der Waals surface area contributed by atoms with Crippen LogP contribution in [0.5, 0.6) is 11.5 Å². The van der Waals surface area contributed by atoms with E-state index in [-0.39, 0.29) is 24.8 Å². The van der Waals surface area contributed by atoms with Gasteiger partial charge in [-0.15, -0.1) is 0 Å². The summed E-state index contributed by atoms with van der Waals surface area (Å²) in [5.74, 6) is 0.790. The normalized spacial score (nSPS) is 12.8. The van der Waals surface area contributed by atoms with Crippen molar-refractivity contribution in [3.05, 3.63) is 60.2 Å². The summed E-state index contributed by atoms with van der Waals surface area (Å²) in [4.78, 5) is 26.3. The van der Waals surface area contributed by atoms with Gasteiger partial charge in [0.2, 0.25) is 5.91 Å². The van der Waals surface area contributed by atoms with E-state index < -0.39 is 0 Å². The standard InChI is InChI=1S/C20H20N2O4/c1-13-15-6-4-5-7-16(15)20(24)22(13)11-10-19(23)21-17-12-14(25-2)8-9-18(17)26-3/h4-9,12H,1,10-11H2,2-3H3,(H,21,23). The number of fused-ring (bicyclic) bond motifs is 1. The first-order valence-corrected chi connectivity index (χ1v) is 8.17. The number of nitrogens with one attached hydrogen (secondary N) is 1. The zero-order valence-electron chi connectivity index (χ0n) is 14.7. The molecule has 2 amide bonds. The van der Waals surface area contributed by atoms with Gasteiger partial charge in [-0.1, -0.05) is 24.8 Å². The smallest absolute Gasteiger partial charge is 0.258 e. The Bertz CT molecular complexity index is 841. The molecule has 0 bridgehead atoms. The van der Waals surface area contributed by atoms with Gasteiger partial charge in [0.15, 0.2) is 0 Å². The minimum atomic E-state index is -0.229. The molecule has 26 heavy (non-hydrogen) atoms. The molecule has 1 aliphatic rings. The van der Waals surface area contributed by atoms with Crippen molar-refractivity contribution in [1.82, 2.24) is 4.90 Å². The van der Waals surface area contributed by atoms with E-state index in [2.05, 4.69) is 11.9 Å². The molecule has 6 heteroatoms. The second kappa shape index (κ2) is 7.31. The number of rotatable bonds is 6. The Morgan fingerprint density at radius 1 is 1.12 bits per heavy atom. The van der Waals surface area contributed by atoms with Crippen LogP contribution in [0, 0.1) is 0 Å². The van der Waals surface area contributed by atoms with Crippen LogP contribution in [0.15, 0.2) is 49.0 Å². The van der Waals surface area contributed by atoms with Gasteiger partial charge < -0.3 is 19.7 Å². The molecule has 0 saturated carbocycles. The first-order valence-electron chi connectivity index (χ1n) is 8.17. The Morgan fingerprint density at radius 3 is 2.50 bits per heavy atom. The number of carbonyl (C=O) groups excluding carboxylic acids is 2. The highest BCUT2D eigenvalue weighted by atomic mass is 16.5. The van der Waals surface area contributed by atoms with E-state index in [9.17, 15) is 9.59 Å². The first-order chi connectivity index (χ1) is 12.5. The van der Waals surface area contributed by atoms with Crippen LogP contribution in [-0.2, 0) is 4.79 Å². The van der Waals surface area contributed by atoms with E-state index in [4.69, 9.17) is 9.47 Å². The van der Waals surface area contributed by atoms with Gasteiger partial charge >= 0.3 is 0 Å². The molecule has 0 radical (unpaired) electrons. The van der Waals surface area contributed by atoms with Crippen LogP contribution >= 0.6 is 0 Å². The molecule has 6 nitrogen and oxygen atoms in total. The molecule has 134 valence electrons. The lowest BCUT2D eigenvalue weighted by molar-refractivity contribution is -0.116. The number of nitrogens with zero attached hydrogens (tertiary/aromatic N) is 1. The maximum Gasteiger partial charge on any atom is 0.258 e. The fourth-order valence-electron chi connectivity index (χ4n) is 2.91. The van der Waals surface area contributed by atoms with Gasteiger partial charge in [0.1, 0.15) is 11.5 Å². The summed E-state index contributed by atoms with van der Waals surface area (Å²) in [7, 11) is 3.08. The zero-order valence-corrected chi connectivity index (χ0v) is 14.7. The molecular formula is C20H20N2O4. The van der Waals surface area contributed by atoms with E-state index in [1.807, 2.05) is 18.2 Å². The Morgan fingerprint density at radius 2 is 1.85 bits per heavy atom. The Hall–Kier alpha value is -3.28. The molecule has 0 fully saturated rings. The van der Waals surface area contributed by atoms with Crippen molar-refractivity contribution in [1.29, 1.82) is 0 Å². The lowest BCUT2D eigenvalue weighted by atomic mass is 10.1. The summed E-state index contributed by atoms with van der Waals surface area (Å²) < 4.78 is 10.4. The summed E-state index contributed by atoms with van der Waals surface area (Å²) in [5, 5.41) is 2.80. The van der Waals surface area contributed by atoms with Gasteiger partial charge in [0.05, 0.1) is 19.9 Å². The molecule has 1 heterocycles. The molecule has 2 aromatic rings. The topological polar surface area (TPSA) is 67.9 Å². The van der Waals surface area contributed by atoms with Crippen molar-refractivity contribution >= 4 is 23.2 Å². The van der Waals surface area contributed by atoms with Crippen LogP contribution in [0.25, 0.3) is 5.70 Å². The predicted octanol–water partition coefficient (Wildman–Crippen LogP) is 3.16. The molecule has 0 aliphatic carbocycles. The van der Waals surface area contributed by atoms with Crippen molar-refractivity contribution in [3.8, 4) is 11.5 Å². The largest absolute Gasteiger partial charge is 0.497 e. The number of benzene rings is 2. The fourth-order valence-corrected chi connectivity index (χ4v) is 2.91. The minimum Gasteiger partial charge on any atom is -0.497 e.